The summed E-state index contributed by atoms with van der Waals surface area (Å²) in [5.74, 6) is -0.937. The molecule has 0 aromatic carbocycles. The first-order valence-corrected chi connectivity index (χ1v) is 7.16. The lowest BCUT2D eigenvalue weighted by atomic mass is 9.90. The van der Waals surface area contributed by atoms with E-state index in [0.29, 0.717) is 24.0 Å². The van der Waals surface area contributed by atoms with E-state index in [1.807, 2.05) is 13.8 Å². The van der Waals surface area contributed by atoms with Gasteiger partial charge in [-0.05, 0) is 25.7 Å². The molecule has 0 saturated carbocycles. The summed E-state index contributed by atoms with van der Waals surface area (Å²) in [7, 11) is 0. The van der Waals surface area contributed by atoms with Crippen LogP contribution < -0.4 is 0 Å². The Morgan fingerprint density at radius 1 is 0.778 bits per heavy atom. The van der Waals surface area contributed by atoms with Crippen molar-refractivity contribution in [3.8, 4) is 0 Å². The molecule has 0 spiro atoms. The van der Waals surface area contributed by atoms with Gasteiger partial charge in [0.1, 0.15) is 0 Å². The van der Waals surface area contributed by atoms with E-state index in [0.717, 1.165) is 25.7 Å². The van der Waals surface area contributed by atoms with Crippen LogP contribution in [-0.4, -0.2) is 11.6 Å². The van der Waals surface area contributed by atoms with Crippen molar-refractivity contribution in [1.29, 1.82) is 0 Å². The summed E-state index contributed by atoms with van der Waals surface area (Å²) >= 11 is 12.2. The first-order chi connectivity index (χ1) is 8.54. The fourth-order valence-corrected chi connectivity index (χ4v) is 2.48. The highest BCUT2D eigenvalue weighted by molar-refractivity contribution is 6.58. The van der Waals surface area contributed by atoms with Gasteiger partial charge in [-0.1, -0.05) is 49.9 Å². The van der Waals surface area contributed by atoms with Crippen molar-refractivity contribution in [2.75, 3.05) is 0 Å². The second-order valence-electron chi connectivity index (χ2n) is 4.45. The average Bonchev–Trinajstić information content (AvgIpc) is 2.37. The second-order valence-corrected chi connectivity index (χ2v) is 5.21. The SMILES string of the molecule is CCCCC1=C(Cl)C(Cl)=C(CCCC)C(=O)C1=O. The number of rotatable bonds is 6. The number of hydrogen-bond donors (Lipinski definition) is 0. The van der Waals surface area contributed by atoms with Crippen molar-refractivity contribution in [3.05, 3.63) is 21.2 Å². The molecule has 0 radical (unpaired) electrons. The van der Waals surface area contributed by atoms with Crippen LogP contribution in [0.2, 0.25) is 0 Å². The monoisotopic (exact) mass is 288 g/mol. The van der Waals surface area contributed by atoms with Gasteiger partial charge in [0.05, 0.1) is 10.1 Å². The second kappa shape index (κ2) is 7.10. The molecule has 1 aliphatic rings. The third-order valence-corrected chi connectivity index (χ3v) is 3.97. The summed E-state index contributed by atoms with van der Waals surface area (Å²) < 4.78 is 0. The van der Waals surface area contributed by atoms with Gasteiger partial charge in [0.2, 0.25) is 11.6 Å². The molecule has 100 valence electrons. The number of ketones is 2. The summed E-state index contributed by atoms with van der Waals surface area (Å²) in [6.45, 7) is 4.04. The minimum Gasteiger partial charge on any atom is -0.285 e. The largest absolute Gasteiger partial charge is 0.285 e. The van der Waals surface area contributed by atoms with E-state index in [9.17, 15) is 9.59 Å². The number of unbranched alkanes of at least 4 members (excludes halogenated alkanes) is 2. The van der Waals surface area contributed by atoms with Gasteiger partial charge in [-0.2, -0.15) is 0 Å². The molecule has 0 unspecified atom stereocenters. The quantitative estimate of drug-likeness (QED) is 0.532. The molecule has 2 nitrogen and oxygen atoms in total. The first-order valence-electron chi connectivity index (χ1n) is 6.41. The predicted molar refractivity (Wildman–Crippen MR) is 74.8 cm³/mol. The van der Waals surface area contributed by atoms with Gasteiger partial charge in [0.25, 0.3) is 0 Å². The molecule has 1 rings (SSSR count). The smallest absolute Gasteiger partial charge is 0.230 e. The Kier molecular flexibility index (Phi) is 6.10. The molecule has 0 saturated heterocycles. The van der Waals surface area contributed by atoms with Crippen LogP contribution in [0.1, 0.15) is 52.4 Å². The normalized spacial score (nSPS) is 16.9. The Labute approximate surface area is 118 Å². The number of Topliss-reactive ketones (excluding diaryl/α,β-unsaturated/α-hetero) is 2. The van der Waals surface area contributed by atoms with Crippen molar-refractivity contribution in [3.63, 3.8) is 0 Å². The molecule has 0 aromatic heterocycles. The predicted octanol–water partition coefficient (Wildman–Crippen LogP) is 4.50. The molecule has 4 heteroatoms. The Balaban J connectivity index is 3.06. The fraction of sp³-hybridized carbons (Fsp3) is 0.571. The molecule has 0 aliphatic heterocycles. The Hall–Kier alpha value is -0.600. The van der Waals surface area contributed by atoms with E-state index in [1.54, 1.807) is 0 Å². The zero-order valence-electron chi connectivity index (χ0n) is 10.8. The number of carbonyl (C=O) groups is 2. The van der Waals surface area contributed by atoms with Crippen LogP contribution in [-0.2, 0) is 9.59 Å². The standard InChI is InChI=1S/C14H18Cl2O2/c1-3-5-7-9-11(15)12(16)10(8-6-4-2)14(18)13(9)17/h3-8H2,1-2H3. The van der Waals surface area contributed by atoms with Crippen LogP contribution in [0.4, 0.5) is 0 Å². The number of allylic oxidation sites excluding steroid dienone is 4. The zero-order chi connectivity index (χ0) is 13.7. The van der Waals surface area contributed by atoms with Gasteiger partial charge in [-0.3, -0.25) is 9.59 Å². The number of carbonyl (C=O) groups excluding carboxylic acids is 2. The maximum absolute atomic E-state index is 12.0. The van der Waals surface area contributed by atoms with Gasteiger partial charge in [0, 0.05) is 11.1 Å². The van der Waals surface area contributed by atoms with Crippen LogP contribution >= 0.6 is 23.2 Å². The average molecular weight is 289 g/mol. The minimum absolute atomic E-state index is 0.279. The van der Waals surface area contributed by atoms with Gasteiger partial charge in [-0.15, -0.1) is 0 Å². The molecular weight excluding hydrogens is 271 g/mol. The van der Waals surface area contributed by atoms with Crippen molar-refractivity contribution < 1.29 is 9.59 Å². The summed E-state index contributed by atoms with van der Waals surface area (Å²) in [6, 6.07) is 0. The lowest BCUT2D eigenvalue weighted by molar-refractivity contribution is -0.132. The zero-order valence-corrected chi connectivity index (χ0v) is 12.3. The highest BCUT2D eigenvalue weighted by Gasteiger charge is 2.32. The van der Waals surface area contributed by atoms with E-state index < -0.39 is 11.6 Å². The molecular formula is C14H18Cl2O2. The molecule has 0 bridgehead atoms. The number of hydrogen-bond acceptors (Lipinski definition) is 2. The van der Waals surface area contributed by atoms with Crippen LogP contribution in [0.15, 0.2) is 21.2 Å². The maximum Gasteiger partial charge on any atom is 0.230 e. The van der Waals surface area contributed by atoms with E-state index in [-0.39, 0.29) is 10.1 Å². The molecule has 0 atom stereocenters. The van der Waals surface area contributed by atoms with E-state index >= 15 is 0 Å². The van der Waals surface area contributed by atoms with Gasteiger partial charge in [0.15, 0.2) is 0 Å². The van der Waals surface area contributed by atoms with Gasteiger partial charge < -0.3 is 0 Å². The van der Waals surface area contributed by atoms with Crippen molar-refractivity contribution >= 4 is 34.8 Å². The summed E-state index contributed by atoms with van der Waals surface area (Å²) in [5, 5.41) is 0.557. The Morgan fingerprint density at radius 3 is 1.39 bits per heavy atom. The Bertz CT molecular complexity index is 380. The lowest BCUT2D eigenvalue weighted by Crippen LogP contribution is -2.24. The van der Waals surface area contributed by atoms with E-state index in [2.05, 4.69) is 0 Å². The van der Waals surface area contributed by atoms with Gasteiger partial charge in [-0.25, -0.2) is 0 Å². The highest BCUT2D eigenvalue weighted by Crippen LogP contribution is 2.35. The van der Waals surface area contributed by atoms with E-state index in [1.165, 1.54) is 0 Å². The van der Waals surface area contributed by atoms with Gasteiger partial charge >= 0.3 is 0 Å². The maximum atomic E-state index is 12.0. The van der Waals surface area contributed by atoms with E-state index in [4.69, 9.17) is 23.2 Å². The number of halogens is 2. The molecule has 0 aromatic rings. The Morgan fingerprint density at radius 2 is 1.11 bits per heavy atom. The molecule has 0 N–H and O–H groups in total. The van der Waals surface area contributed by atoms with Crippen molar-refractivity contribution in [2.45, 2.75) is 52.4 Å². The molecule has 1 aliphatic carbocycles. The van der Waals surface area contributed by atoms with Crippen molar-refractivity contribution in [1.82, 2.24) is 0 Å². The fourth-order valence-electron chi connectivity index (χ4n) is 1.89. The van der Waals surface area contributed by atoms with Crippen molar-refractivity contribution in [2.24, 2.45) is 0 Å². The highest BCUT2D eigenvalue weighted by atomic mass is 35.5. The first kappa shape index (κ1) is 15.5. The third-order valence-electron chi connectivity index (χ3n) is 3.04. The van der Waals surface area contributed by atoms with Crippen LogP contribution in [0.5, 0.6) is 0 Å². The lowest BCUT2D eigenvalue weighted by Gasteiger charge is -2.17. The molecule has 0 amide bonds. The van der Waals surface area contributed by atoms with Crippen LogP contribution in [0, 0.1) is 0 Å². The molecule has 0 fully saturated rings. The third kappa shape index (κ3) is 3.24. The molecule has 18 heavy (non-hydrogen) atoms. The summed E-state index contributed by atoms with van der Waals surface area (Å²) in [6.07, 6.45) is 4.60. The topological polar surface area (TPSA) is 34.1 Å². The summed E-state index contributed by atoms with van der Waals surface area (Å²) in [5.41, 5.74) is 0.766. The van der Waals surface area contributed by atoms with Crippen LogP contribution in [0.3, 0.4) is 0 Å². The molecule has 0 heterocycles. The van der Waals surface area contributed by atoms with Crippen LogP contribution in [0.25, 0.3) is 0 Å². The summed E-state index contributed by atoms with van der Waals surface area (Å²) in [4.78, 5) is 24.0. The minimum atomic E-state index is -0.469.